The summed E-state index contributed by atoms with van der Waals surface area (Å²) in [4.78, 5) is 0. The van der Waals surface area contributed by atoms with Crippen LogP contribution in [0.2, 0.25) is 0 Å². The molecule has 14 heterocycles. The van der Waals surface area contributed by atoms with E-state index < -0.39 is 0 Å². The molecule has 0 unspecified atom stereocenters. The molecule has 0 bridgehead atoms. The summed E-state index contributed by atoms with van der Waals surface area (Å²) >= 11 is 0. The summed E-state index contributed by atoms with van der Waals surface area (Å²) in [5.74, 6) is 5.53. The molecule has 0 atom stereocenters. The van der Waals surface area contributed by atoms with Crippen LogP contribution in [-0.4, -0.2) is 137 Å². The number of rotatable bonds is 37. The van der Waals surface area contributed by atoms with Gasteiger partial charge in [-0.1, -0.05) is 106 Å². The molecule has 0 saturated heterocycles. The minimum absolute atomic E-state index is 0.284. The van der Waals surface area contributed by atoms with Crippen LogP contribution in [0.25, 0.3) is 0 Å². The first kappa shape index (κ1) is 111. The second kappa shape index (κ2) is 56.3. The van der Waals surface area contributed by atoms with Crippen molar-refractivity contribution >= 4 is 121 Å². The van der Waals surface area contributed by atoms with E-state index in [2.05, 4.69) is 221 Å². The first-order valence-electron chi connectivity index (χ1n) is 46.5. The van der Waals surface area contributed by atoms with Crippen molar-refractivity contribution in [2.45, 2.75) is 218 Å². The van der Waals surface area contributed by atoms with Gasteiger partial charge in [-0.2, -0.15) is 87.8 Å². The molecule has 0 spiro atoms. The summed E-state index contributed by atoms with van der Waals surface area (Å²) in [5, 5.41) is 178. The number of unbranched alkanes of at least 4 members (excludes halogenated alkanes) is 10. The molecule has 14 rings (SSSR count). The predicted octanol–water partition coefficient (Wildman–Crippen LogP) is 17.7. The molecule has 56 nitrogen and oxygen atoms in total. The zero-order valence-electron chi connectivity index (χ0n) is 84.6. The fourth-order valence-electron chi connectivity index (χ4n) is 12.7. The van der Waals surface area contributed by atoms with Gasteiger partial charge in [0.1, 0.15) is 145 Å². The third kappa shape index (κ3) is 31.1. The van der Waals surface area contributed by atoms with Crippen molar-refractivity contribution in [3.8, 4) is 42.5 Å². The van der Waals surface area contributed by atoms with Crippen LogP contribution < -0.4 is 40.1 Å². The van der Waals surface area contributed by atoms with Crippen LogP contribution >= 0.6 is 0 Å². The first-order chi connectivity index (χ1) is 69.8. The molecule has 14 aromatic rings. The normalized spacial score (nSPS) is 11.1. The van der Waals surface area contributed by atoms with E-state index >= 15 is 0 Å². The second-order valence-electron chi connectivity index (χ2n) is 32.1. The first-order valence-corrected chi connectivity index (χ1v) is 46.5. The van der Waals surface area contributed by atoms with Crippen molar-refractivity contribution < 1.29 is 0 Å². The Bertz CT molecular complexity index is 7080. The minimum atomic E-state index is 0.284. The maximum atomic E-state index is 9.15. The van der Waals surface area contributed by atoms with E-state index in [0.29, 0.717) is 191 Å². The number of nitrogens with zero attached hydrogens (tertiary/aromatic N) is 49. The molecule has 145 heavy (non-hydrogen) atoms. The van der Waals surface area contributed by atoms with Gasteiger partial charge in [0, 0.05) is 120 Å². The van der Waals surface area contributed by atoms with E-state index in [9.17, 15) is 0 Å². The van der Waals surface area contributed by atoms with Gasteiger partial charge in [0.25, 0.3) is 0 Å². The van der Waals surface area contributed by atoms with E-state index in [0.717, 1.165) is 103 Å². The van der Waals surface area contributed by atoms with Crippen molar-refractivity contribution in [3.63, 3.8) is 0 Å². The Balaban J connectivity index is 0.000000207. The molecule has 0 aliphatic rings. The Labute approximate surface area is 836 Å². The molecular formula is C89H122N56. The van der Waals surface area contributed by atoms with Gasteiger partial charge in [0.2, 0.25) is 23.3 Å². The van der Waals surface area contributed by atoms with Crippen molar-refractivity contribution in [2.75, 3.05) is 40.1 Å². The largest absolute Gasteiger partial charge is 0.382 e. The van der Waals surface area contributed by atoms with E-state index in [1.54, 1.807) is 125 Å². The fraction of sp³-hybridized carbons (Fsp3) is 0.449. The Kier molecular flexibility index (Phi) is 43.3. The standard InChI is InChI=1S/2C14H20N8.2C13H18N8.2C12H16N8.C11H14N8/c1-3-4-5-6-7-22-10-11(8-15)14(20-22)19-18-12-9-17-21(2)13(12)16;1-3-4-5-6-7-22-14(11(8-15)9-18-22)20-19-12-10-17-21(2)13(12)16;1-4-5-6-21-8-10(7-14)13(19-21)17-16-11-9(2)18-20(3)12(11)15;1-4-5-6-21-13(10(7-14)8-16-21)18-17-11-9(2)19-20(3)12(11)15;1-3-4-5-20-8-9(6-13)12(18-20)17-16-10-7-15-19(2)11(10)14;1-3-4-5-20-12(9(6-13)7-16-20)18-17-10-8-15-19(2)11(10)14;1-4-19-6-8(5-12)11(17-19)15-14-9-7(2)16-18(3)10(9)13/h2*9-10H,3-7,16H2,1-2H3;2*8H,4-6,15H2,1-3H3;2*7-8H,3-5,14H2,1-2H3;6H,4,13H2,1-3H3. The van der Waals surface area contributed by atoms with Crippen molar-refractivity contribution in [2.24, 2.45) is 121 Å². The molecule has 56 heteroatoms. The smallest absolute Gasteiger partial charge is 0.213 e. The number of azo groups is 7. The van der Waals surface area contributed by atoms with Gasteiger partial charge < -0.3 is 40.1 Å². The van der Waals surface area contributed by atoms with Gasteiger partial charge in [-0.3, -0.25) is 51.5 Å². The Morgan fingerprint density at radius 1 is 0.241 bits per heavy atom. The van der Waals surface area contributed by atoms with E-state index in [-0.39, 0.29) is 5.82 Å². The topological polar surface area (TPSA) is 771 Å². The van der Waals surface area contributed by atoms with Gasteiger partial charge in [-0.25, -0.2) is 14.0 Å². The summed E-state index contributed by atoms with van der Waals surface area (Å²) < 4.78 is 22.5. The van der Waals surface area contributed by atoms with Crippen molar-refractivity contribution in [1.82, 2.24) is 137 Å². The zero-order valence-corrected chi connectivity index (χ0v) is 84.6. The van der Waals surface area contributed by atoms with E-state index in [1.165, 1.54) is 97.2 Å². The SMILES string of the molecule is CCCCCCn1cc(C#N)c(N=Nc2cnn(C)c2N)n1.CCCCCCn1ncc(C#N)c1N=Nc1cnn(C)c1N.CCCCn1cc(C#N)c(N=Nc2c(C)nn(C)c2N)n1.CCCCn1cc(C#N)c(N=Nc2cnn(C)c2N)n1.CCCCn1ncc(C#N)c1N=Nc1c(C)nn(C)c1N.CCCCn1ncc(C#N)c1N=Nc1cnn(C)c1N.CCn1cc(C#N)c(N=Nc2c(C)nn(C)c2N)n1. The van der Waals surface area contributed by atoms with Crippen molar-refractivity contribution in [3.05, 3.63) is 124 Å². The lowest BCUT2D eigenvalue weighted by molar-refractivity contribution is 0.541. The molecule has 0 radical (unpaired) electrons. The monoisotopic (exact) mass is 1980 g/mol. The highest BCUT2D eigenvalue weighted by Gasteiger charge is 2.21. The van der Waals surface area contributed by atoms with Crippen LogP contribution in [0.3, 0.4) is 0 Å². The van der Waals surface area contributed by atoms with Crippen LogP contribution in [0.1, 0.15) is 207 Å². The highest BCUT2D eigenvalue weighted by molar-refractivity contribution is 5.65. The number of aryl methyl sites for hydroxylation is 17. The fourth-order valence-corrected chi connectivity index (χ4v) is 12.7. The van der Waals surface area contributed by atoms with Crippen molar-refractivity contribution in [1.29, 1.82) is 36.8 Å². The lowest BCUT2D eigenvalue weighted by Gasteiger charge is -2.03. The summed E-state index contributed by atoms with van der Waals surface area (Å²) in [5.41, 5.74) is 49.0. The average molecular weight is 1980 g/mol. The summed E-state index contributed by atoms with van der Waals surface area (Å²) in [7, 11) is 12.1. The number of nitrogen functional groups attached to an aromatic ring is 7. The van der Waals surface area contributed by atoms with Crippen LogP contribution in [0.15, 0.2) is 140 Å². The lowest BCUT2D eigenvalue weighted by Crippen LogP contribution is -1.99. The number of hydrogen-bond acceptors (Lipinski definition) is 42. The quantitative estimate of drug-likeness (QED) is 0.0140. The molecule has 0 amide bonds. The van der Waals surface area contributed by atoms with Gasteiger partial charge >= 0.3 is 0 Å². The molecular weight excluding hydrogens is 1850 g/mol. The Morgan fingerprint density at radius 3 is 0.731 bits per heavy atom. The Morgan fingerprint density at radius 2 is 0.476 bits per heavy atom. The second-order valence-corrected chi connectivity index (χ2v) is 32.1. The third-order valence-corrected chi connectivity index (χ3v) is 21.3. The molecule has 0 saturated carbocycles. The van der Waals surface area contributed by atoms with Gasteiger partial charge in [-0.05, 0) is 66.2 Å². The maximum absolute atomic E-state index is 9.15. The average Bonchev–Trinajstić information content (AvgIpc) is 1.68. The molecule has 14 N–H and O–H groups in total. The van der Waals surface area contributed by atoms with Crippen LogP contribution in [0.5, 0.6) is 0 Å². The lowest BCUT2D eigenvalue weighted by atomic mass is 10.2. The third-order valence-electron chi connectivity index (χ3n) is 21.3. The van der Waals surface area contributed by atoms with Gasteiger partial charge in [0.05, 0.1) is 60.5 Å². The van der Waals surface area contributed by atoms with Gasteiger partial charge in [0.15, 0.2) is 34.5 Å². The van der Waals surface area contributed by atoms with E-state index in [4.69, 9.17) is 77.0 Å². The van der Waals surface area contributed by atoms with Gasteiger partial charge in [-0.15, -0.1) is 92.0 Å². The highest BCUT2D eigenvalue weighted by Crippen LogP contribution is 2.35. The molecule has 0 fully saturated rings. The van der Waals surface area contributed by atoms with E-state index in [1.807, 2.05) is 19.9 Å². The molecule has 0 aliphatic carbocycles. The molecule has 0 aliphatic heterocycles. The maximum Gasteiger partial charge on any atom is 0.213 e. The van der Waals surface area contributed by atoms with Crippen LogP contribution in [0, 0.1) is 100 Å². The zero-order chi connectivity index (χ0) is 106. The molecule has 14 aromatic heterocycles. The number of nitrogens with two attached hydrogens (primary N) is 7. The molecule has 758 valence electrons. The summed E-state index contributed by atoms with van der Waals surface area (Å²) in [6.07, 6.45) is 34.5. The number of nitriles is 7. The molecule has 0 aromatic carbocycles. The number of hydrogen-bond donors (Lipinski definition) is 7. The summed E-state index contributed by atoms with van der Waals surface area (Å²) in [6.45, 7) is 25.1. The van der Waals surface area contributed by atoms with Crippen LogP contribution in [0.4, 0.5) is 121 Å². The van der Waals surface area contributed by atoms with Crippen LogP contribution in [-0.2, 0) is 95.1 Å². The summed E-state index contributed by atoms with van der Waals surface area (Å²) in [6, 6.07) is 14.5. The predicted molar refractivity (Wildman–Crippen MR) is 539 cm³/mol. The highest BCUT2D eigenvalue weighted by atomic mass is 15.4. The number of aromatic nitrogens is 28. The Hall–Kier alpha value is -18.8. The number of anilines is 7. The minimum Gasteiger partial charge on any atom is -0.382 e.